The fourth-order valence-electron chi connectivity index (χ4n) is 0.934. The van der Waals surface area contributed by atoms with Gasteiger partial charge in [-0.1, -0.05) is 35.6 Å². The van der Waals surface area contributed by atoms with E-state index in [1.54, 1.807) is 0 Å². The second-order valence-corrected chi connectivity index (χ2v) is 2.41. The third kappa shape index (κ3) is 3.00. The summed E-state index contributed by atoms with van der Waals surface area (Å²) in [7, 11) is 0. The van der Waals surface area contributed by atoms with Gasteiger partial charge in [0, 0.05) is 0 Å². The standard InChI is InChI=1S/C9H13NO2/c1-2-12-10(11)8-9-6-4-3-5-7-9/h3-7,11H,2,8H2,1H3. The van der Waals surface area contributed by atoms with E-state index in [0.717, 1.165) is 10.8 Å². The Morgan fingerprint density at radius 2 is 2.00 bits per heavy atom. The van der Waals surface area contributed by atoms with E-state index < -0.39 is 0 Å². The van der Waals surface area contributed by atoms with E-state index in [9.17, 15) is 0 Å². The van der Waals surface area contributed by atoms with E-state index in [1.165, 1.54) is 0 Å². The number of nitrogens with zero attached hydrogens (tertiary/aromatic N) is 1. The summed E-state index contributed by atoms with van der Waals surface area (Å²) in [4.78, 5) is 4.83. The molecule has 1 N–H and O–H groups in total. The summed E-state index contributed by atoms with van der Waals surface area (Å²) >= 11 is 0. The zero-order valence-corrected chi connectivity index (χ0v) is 7.10. The van der Waals surface area contributed by atoms with Crippen LogP contribution in [-0.2, 0) is 11.4 Å². The predicted octanol–water partition coefficient (Wildman–Crippen LogP) is 1.83. The zero-order chi connectivity index (χ0) is 8.81. The van der Waals surface area contributed by atoms with Gasteiger partial charge in [0.1, 0.15) is 0 Å². The van der Waals surface area contributed by atoms with Crippen LogP contribution in [0, 0.1) is 0 Å². The van der Waals surface area contributed by atoms with E-state index in [1.807, 2.05) is 37.3 Å². The Kier molecular flexibility index (Phi) is 3.73. The van der Waals surface area contributed by atoms with E-state index in [0.29, 0.717) is 13.2 Å². The van der Waals surface area contributed by atoms with E-state index in [-0.39, 0.29) is 0 Å². The van der Waals surface area contributed by atoms with Gasteiger partial charge in [-0.25, -0.2) is 0 Å². The molecule has 0 heterocycles. The topological polar surface area (TPSA) is 32.7 Å². The molecule has 3 nitrogen and oxygen atoms in total. The molecule has 0 spiro atoms. The minimum Gasteiger partial charge on any atom is -0.289 e. The average molecular weight is 167 g/mol. The highest BCUT2D eigenvalue weighted by molar-refractivity contribution is 5.13. The lowest BCUT2D eigenvalue weighted by Gasteiger charge is -2.12. The number of hydroxylamine groups is 2. The van der Waals surface area contributed by atoms with Gasteiger partial charge < -0.3 is 0 Å². The van der Waals surface area contributed by atoms with Crippen LogP contribution in [0.3, 0.4) is 0 Å². The smallest absolute Gasteiger partial charge is 0.0765 e. The third-order valence-electron chi connectivity index (χ3n) is 1.44. The van der Waals surface area contributed by atoms with Crippen LogP contribution in [-0.4, -0.2) is 17.0 Å². The highest BCUT2D eigenvalue weighted by atomic mass is 16.9. The van der Waals surface area contributed by atoms with Crippen LogP contribution < -0.4 is 0 Å². The maximum atomic E-state index is 9.11. The molecule has 0 radical (unpaired) electrons. The lowest BCUT2D eigenvalue weighted by Crippen LogP contribution is -2.18. The van der Waals surface area contributed by atoms with Crippen molar-refractivity contribution in [2.75, 3.05) is 6.61 Å². The number of hydrogen-bond acceptors (Lipinski definition) is 3. The molecule has 0 saturated carbocycles. The van der Waals surface area contributed by atoms with Gasteiger partial charge in [-0.3, -0.25) is 10.0 Å². The summed E-state index contributed by atoms with van der Waals surface area (Å²) in [5, 5.41) is 9.96. The Morgan fingerprint density at radius 3 is 2.58 bits per heavy atom. The van der Waals surface area contributed by atoms with Crippen molar-refractivity contribution in [2.45, 2.75) is 13.5 Å². The minimum atomic E-state index is 0.397. The van der Waals surface area contributed by atoms with Crippen molar-refractivity contribution < 1.29 is 10.0 Å². The van der Waals surface area contributed by atoms with Gasteiger partial charge in [0.05, 0.1) is 13.2 Å². The van der Waals surface area contributed by atoms with Gasteiger partial charge in [0.2, 0.25) is 0 Å². The van der Waals surface area contributed by atoms with E-state index >= 15 is 0 Å². The average Bonchev–Trinajstić information content (AvgIpc) is 2.06. The second-order valence-electron chi connectivity index (χ2n) is 2.41. The summed E-state index contributed by atoms with van der Waals surface area (Å²) in [5.74, 6) is 0. The summed E-state index contributed by atoms with van der Waals surface area (Å²) in [6.45, 7) is 2.70. The van der Waals surface area contributed by atoms with Crippen molar-refractivity contribution in [1.29, 1.82) is 0 Å². The summed E-state index contributed by atoms with van der Waals surface area (Å²) in [5.41, 5.74) is 1.02. The molecule has 0 aromatic heterocycles. The van der Waals surface area contributed by atoms with Gasteiger partial charge in [-0.2, -0.15) is 0 Å². The first-order chi connectivity index (χ1) is 5.83. The summed E-state index contributed by atoms with van der Waals surface area (Å²) in [6.07, 6.45) is 0. The largest absolute Gasteiger partial charge is 0.289 e. The van der Waals surface area contributed by atoms with Gasteiger partial charge >= 0.3 is 0 Å². The predicted molar refractivity (Wildman–Crippen MR) is 45.4 cm³/mol. The van der Waals surface area contributed by atoms with Crippen molar-refractivity contribution in [1.82, 2.24) is 5.23 Å². The van der Waals surface area contributed by atoms with Gasteiger partial charge in [-0.05, 0) is 12.5 Å². The van der Waals surface area contributed by atoms with Crippen molar-refractivity contribution in [2.24, 2.45) is 0 Å². The van der Waals surface area contributed by atoms with Gasteiger partial charge in [-0.15, -0.1) is 0 Å². The molecule has 1 rings (SSSR count). The molecular formula is C9H13NO2. The van der Waals surface area contributed by atoms with Crippen molar-refractivity contribution >= 4 is 0 Å². The molecule has 0 fully saturated rings. The highest BCUT2D eigenvalue weighted by Gasteiger charge is 1.99. The molecular weight excluding hydrogens is 154 g/mol. The zero-order valence-electron chi connectivity index (χ0n) is 7.10. The molecule has 3 heteroatoms. The van der Waals surface area contributed by atoms with Crippen LogP contribution in [0.1, 0.15) is 12.5 Å². The Hall–Kier alpha value is -0.900. The lowest BCUT2D eigenvalue weighted by molar-refractivity contribution is -0.345. The second kappa shape index (κ2) is 4.87. The van der Waals surface area contributed by atoms with E-state index in [4.69, 9.17) is 10.0 Å². The Balaban J connectivity index is 2.41. The van der Waals surface area contributed by atoms with Crippen molar-refractivity contribution in [3.63, 3.8) is 0 Å². The maximum absolute atomic E-state index is 9.11. The van der Waals surface area contributed by atoms with E-state index in [2.05, 4.69) is 0 Å². The molecule has 0 aliphatic carbocycles. The monoisotopic (exact) mass is 167 g/mol. The normalized spacial score (nSPS) is 10.6. The van der Waals surface area contributed by atoms with Crippen LogP contribution in [0.25, 0.3) is 0 Å². The summed E-state index contributed by atoms with van der Waals surface area (Å²) in [6, 6.07) is 9.65. The first-order valence-corrected chi connectivity index (χ1v) is 3.96. The Morgan fingerprint density at radius 1 is 1.33 bits per heavy atom. The summed E-state index contributed by atoms with van der Waals surface area (Å²) < 4.78 is 0. The molecule has 0 saturated heterocycles. The lowest BCUT2D eigenvalue weighted by atomic mass is 10.2. The molecule has 1 aromatic carbocycles. The molecule has 0 bridgehead atoms. The fourth-order valence-corrected chi connectivity index (χ4v) is 0.934. The molecule has 0 aliphatic rings. The van der Waals surface area contributed by atoms with Crippen LogP contribution in [0.5, 0.6) is 0 Å². The minimum absolute atomic E-state index is 0.397. The molecule has 0 unspecified atom stereocenters. The highest BCUT2D eigenvalue weighted by Crippen LogP contribution is 2.01. The molecule has 12 heavy (non-hydrogen) atoms. The van der Waals surface area contributed by atoms with Gasteiger partial charge in [0.15, 0.2) is 0 Å². The van der Waals surface area contributed by atoms with Crippen molar-refractivity contribution in [3.05, 3.63) is 35.9 Å². The fraction of sp³-hybridized carbons (Fsp3) is 0.333. The Bertz CT molecular complexity index is 213. The van der Waals surface area contributed by atoms with Crippen LogP contribution in [0.4, 0.5) is 0 Å². The first kappa shape index (κ1) is 9.19. The van der Waals surface area contributed by atoms with Gasteiger partial charge in [0.25, 0.3) is 0 Å². The SMILES string of the molecule is CCON(O)Cc1ccccc1. The first-order valence-electron chi connectivity index (χ1n) is 3.96. The Labute approximate surface area is 72.1 Å². The quantitative estimate of drug-likeness (QED) is 0.694. The van der Waals surface area contributed by atoms with Crippen LogP contribution in [0.2, 0.25) is 0 Å². The number of benzene rings is 1. The third-order valence-corrected chi connectivity index (χ3v) is 1.44. The van der Waals surface area contributed by atoms with Crippen LogP contribution >= 0.6 is 0 Å². The molecule has 0 amide bonds. The number of rotatable bonds is 4. The number of hydrogen-bond donors (Lipinski definition) is 1. The molecule has 66 valence electrons. The molecule has 0 atom stereocenters. The van der Waals surface area contributed by atoms with Crippen LogP contribution in [0.15, 0.2) is 30.3 Å². The van der Waals surface area contributed by atoms with Crippen molar-refractivity contribution in [3.8, 4) is 0 Å². The molecule has 1 aromatic rings. The molecule has 0 aliphatic heterocycles. The maximum Gasteiger partial charge on any atom is 0.0765 e.